The Bertz CT molecular complexity index is 1050. The number of halogens is 1. The maximum atomic E-state index is 13.5. The molecule has 2 aromatic rings. The Labute approximate surface area is 203 Å². The molecular formula is C27H38ClN3O2. The van der Waals surface area contributed by atoms with Crippen LogP contribution in [0.5, 0.6) is 0 Å². The van der Waals surface area contributed by atoms with Crippen molar-refractivity contribution in [3.05, 3.63) is 61.5 Å². The van der Waals surface area contributed by atoms with Crippen molar-refractivity contribution in [2.75, 3.05) is 18.5 Å². The summed E-state index contributed by atoms with van der Waals surface area (Å²) in [5.41, 5.74) is 4.77. The fraction of sp³-hybridized carbons (Fsp3) is 0.556. The van der Waals surface area contributed by atoms with E-state index in [9.17, 15) is 9.59 Å². The van der Waals surface area contributed by atoms with E-state index in [1.807, 2.05) is 32.9 Å². The average molecular weight is 472 g/mol. The Morgan fingerprint density at radius 2 is 1.76 bits per heavy atom. The molecule has 0 radical (unpaired) electrons. The van der Waals surface area contributed by atoms with E-state index in [1.165, 1.54) is 32.1 Å². The van der Waals surface area contributed by atoms with Crippen molar-refractivity contribution in [3.63, 3.8) is 0 Å². The molecule has 1 aromatic heterocycles. The molecule has 1 aromatic carbocycles. The molecule has 33 heavy (non-hydrogen) atoms. The number of aryl methyl sites for hydroxylation is 2. The number of amides is 1. The van der Waals surface area contributed by atoms with Gasteiger partial charge in [-0.15, -0.1) is 0 Å². The highest BCUT2D eigenvalue weighted by molar-refractivity contribution is 6.31. The van der Waals surface area contributed by atoms with Gasteiger partial charge < -0.3 is 14.8 Å². The van der Waals surface area contributed by atoms with Crippen LogP contribution in [0.4, 0.5) is 5.69 Å². The SMILES string of the molecule is CCN(c1cc(Cl)cc(C(=O)N(C)Cc2c(C)cc(C)[nH]c2=O)c1C)[C@H]1CC[C@H](CC)CC1. The quantitative estimate of drug-likeness (QED) is 0.537. The van der Waals surface area contributed by atoms with Gasteiger partial charge in [0.05, 0.1) is 6.54 Å². The van der Waals surface area contributed by atoms with Gasteiger partial charge in [0.2, 0.25) is 0 Å². The summed E-state index contributed by atoms with van der Waals surface area (Å²) in [7, 11) is 1.74. The Morgan fingerprint density at radius 3 is 2.33 bits per heavy atom. The van der Waals surface area contributed by atoms with E-state index in [1.54, 1.807) is 18.0 Å². The van der Waals surface area contributed by atoms with Gasteiger partial charge in [0.25, 0.3) is 11.5 Å². The third-order valence-electron chi connectivity index (χ3n) is 7.30. The van der Waals surface area contributed by atoms with Crippen LogP contribution in [0.1, 0.15) is 78.7 Å². The molecule has 180 valence electrons. The predicted molar refractivity (Wildman–Crippen MR) is 138 cm³/mol. The van der Waals surface area contributed by atoms with Crippen LogP contribution in [0, 0.1) is 26.7 Å². The van der Waals surface area contributed by atoms with Gasteiger partial charge in [-0.2, -0.15) is 0 Å². The van der Waals surface area contributed by atoms with Crippen LogP contribution < -0.4 is 10.5 Å². The van der Waals surface area contributed by atoms with Crippen molar-refractivity contribution < 1.29 is 4.79 Å². The van der Waals surface area contributed by atoms with Crippen molar-refractivity contribution in [2.45, 2.75) is 79.3 Å². The van der Waals surface area contributed by atoms with Crippen LogP contribution in [-0.2, 0) is 6.54 Å². The summed E-state index contributed by atoms with van der Waals surface area (Å²) in [5, 5.41) is 0.567. The number of hydrogen-bond donors (Lipinski definition) is 1. The van der Waals surface area contributed by atoms with Gasteiger partial charge in [0.1, 0.15) is 0 Å². The summed E-state index contributed by atoms with van der Waals surface area (Å²) in [6, 6.07) is 6.17. The van der Waals surface area contributed by atoms with Crippen LogP contribution in [0.15, 0.2) is 23.0 Å². The van der Waals surface area contributed by atoms with E-state index >= 15 is 0 Å². The molecular weight excluding hydrogens is 434 g/mol. The smallest absolute Gasteiger partial charge is 0.254 e. The second kappa shape index (κ2) is 10.8. The lowest BCUT2D eigenvalue weighted by Gasteiger charge is -2.39. The molecule has 1 aliphatic carbocycles. The van der Waals surface area contributed by atoms with Gasteiger partial charge >= 0.3 is 0 Å². The zero-order valence-electron chi connectivity index (χ0n) is 20.9. The van der Waals surface area contributed by atoms with Crippen LogP contribution in [0.25, 0.3) is 0 Å². The van der Waals surface area contributed by atoms with E-state index in [2.05, 4.69) is 23.7 Å². The first-order chi connectivity index (χ1) is 15.7. The Balaban J connectivity index is 1.88. The second-order valence-electron chi connectivity index (χ2n) is 9.57. The van der Waals surface area contributed by atoms with Gasteiger partial charge in [-0.25, -0.2) is 0 Å². The lowest BCUT2D eigenvalue weighted by molar-refractivity contribution is 0.0783. The van der Waals surface area contributed by atoms with E-state index in [0.717, 1.165) is 35.0 Å². The highest BCUT2D eigenvalue weighted by Crippen LogP contribution is 2.35. The Morgan fingerprint density at radius 1 is 1.09 bits per heavy atom. The molecule has 5 nitrogen and oxygen atoms in total. The molecule has 0 aliphatic heterocycles. The van der Waals surface area contributed by atoms with Gasteiger partial charge in [-0.3, -0.25) is 9.59 Å². The maximum Gasteiger partial charge on any atom is 0.254 e. The van der Waals surface area contributed by atoms with E-state index in [-0.39, 0.29) is 18.0 Å². The number of anilines is 1. The summed E-state index contributed by atoms with van der Waals surface area (Å²) in [6.07, 6.45) is 6.13. The number of rotatable bonds is 7. The van der Waals surface area contributed by atoms with E-state index < -0.39 is 0 Å². The topological polar surface area (TPSA) is 56.4 Å². The molecule has 0 unspecified atom stereocenters. The van der Waals surface area contributed by atoms with Crippen LogP contribution in [0.3, 0.4) is 0 Å². The van der Waals surface area contributed by atoms with Gasteiger partial charge in [0.15, 0.2) is 0 Å². The van der Waals surface area contributed by atoms with Crippen molar-refractivity contribution in [3.8, 4) is 0 Å². The number of carbonyl (C=O) groups excluding carboxylic acids is 1. The molecule has 0 spiro atoms. The zero-order chi connectivity index (χ0) is 24.3. The zero-order valence-corrected chi connectivity index (χ0v) is 21.7. The number of benzene rings is 1. The van der Waals surface area contributed by atoms with Crippen LogP contribution in [-0.4, -0.2) is 35.4 Å². The molecule has 3 rings (SSSR count). The molecule has 1 fully saturated rings. The molecule has 1 saturated carbocycles. The van der Waals surface area contributed by atoms with Crippen molar-refractivity contribution in [2.24, 2.45) is 5.92 Å². The third-order valence-corrected chi connectivity index (χ3v) is 7.51. The molecule has 6 heteroatoms. The number of nitrogens with one attached hydrogen (secondary N) is 1. The highest BCUT2D eigenvalue weighted by atomic mass is 35.5. The number of aromatic amines is 1. The number of H-pyrrole nitrogens is 1. The Hall–Kier alpha value is -2.27. The fourth-order valence-electron chi connectivity index (χ4n) is 5.27. The lowest BCUT2D eigenvalue weighted by atomic mass is 9.83. The lowest BCUT2D eigenvalue weighted by Crippen LogP contribution is -2.39. The molecule has 1 heterocycles. The molecule has 1 aliphatic rings. The summed E-state index contributed by atoms with van der Waals surface area (Å²) >= 11 is 6.53. The molecule has 0 bridgehead atoms. The minimum atomic E-state index is -0.143. The number of carbonyl (C=O) groups is 1. The van der Waals surface area contributed by atoms with Crippen LogP contribution in [0.2, 0.25) is 5.02 Å². The number of hydrogen-bond acceptors (Lipinski definition) is 3. The molecule has 1 N–H and O–H groups in total. The third kappa shape index (κ3) is 5.63. The maximum absolute atomic E-state index is 13.5. The highest BCUT2D eigenvalue weighted by Gasteiger charge is 2.27. The minimum Gasteiger partial charge on any atom is -0.369 e. The summed E-state index contributed by atoms with van der Waals surface area (Å²) in [4.78, 5) is 32.8. The first-order valence-electron chi connectivity index (χ1n) is 12.2. The van der Waals surface area contributed by atoms with E-state index in [0.29, 0.717) is 22.2 Å². The monoisotopic (exact) mass is 471 g/mol. The standard InChI is InChI=1S/C27H38ClN3O2/c1-7-20-9-11-22(12-10-20)31(8-2)25-15-21(28)14-23(19(25)5)27(33)30(6)16-24-17(3)13-18(4)29-26(24)32/h13-15,20,22H,7-12,16H2,1-6H3,(H,29,32)/t20-,22-. The molecule has 1 amide bonds. The largest absolute Gasteiger partial charge is 0.369 e. The summed E-state index contributed by atoms with van der Waals surface area (Å²) in [6.45, 7) is 11.4. The number of nitrogens with zero attached hydrogens (tertiary/aromatic N) is 2. The predicted octanol–water partition coefficient (Wildman–Crippen LogP) is 6.02. The van der Waals surface area contributed by atoms with Crippen molar-refractivity contribution >= 4 is 23.2 Å². The van der Waals surface area contributed by atoms with E-state index in [4.69, 9.17) is 11.6 Å². The van der Waals surface area contributed by atoms with Gasteiger partial charge in [0, 0.05) is 47.2 Å². The second-order valence-corrected chi connectivity index (χ2v) is 10.0. The van der Waals surface area contributed by atoms with Crippen LogP contribution >= 0.6 is 11.6 Å². The number of aromatic nitrogens is 1. The first-order valence-corrected chi connectivity index (χ1v) is 12.6. The fourth-order valence-corrected chi connectivity index (χ4v) is 5.48. The molecule has 0 saturated heterocycles. The Kier molecular flexibility index (Phi) is 8.28. The molecule has 0 atom stereocenters. The summed E-state index contributed by atoms with van der Waals surface area (Å²) < 4.78 is 0. The minimum absolute atomic E-state index is 0.124. The van der Waals surface area contributed by atoms with Crippen molar-refractivity contribution in [1.29, 1.82) is 0 Å². The van der Waals surface area contributed by atoms with Crippen molar-refractivity contribution in [1.82, 2.24) is 9.88 Å². The summed E-state index contributed by atoms with van der Waals surface area (Å²) in [5.74, 6) is 0.709. The normalized spacial score (nSPS) is 18.3. The van der Waals surface area contributed by atoms with Gasteiger partial charge in [-0.05, 0) is 88.6 Å². The van der Waals surface area contributed by atoms with Gasteiger partial charge in [-0.1, -0.05) is 24.9 Å². The number of pyridine rings is 1. The average Bonchev–Trinajstić information content (AvgIpc) is 2.78. The first kappa shape index (κ1) is 25.4.